The molecule has 0 aromatic carbocycles. The van der Waals surface area contributed by atoms with Crippen LogP contribution >= 0.6 is 0 Å². The molecule has 1 heterocycles. The Morgan fingerprint density at radius 3 is 2.46 bits per heavy atom. The minimum absolute atomic E-state index is 0.146. The Hall–Kier alpha value is -0.110. The summed E-state index contributed by atoms with van der Waals surface area (Å²) in [7, 11) is 0. The Morgan fingerprint density at radius 1 is 1.23 bits per heavy atom. The summed E-state index contributed by atoms with van der Waals surface area (Å²) >= 11 is 0. The van der Waals surface area contributed by atoms with Gasteiger partial charge in [0.15, 0.2) is 0 Å². The lowest BCUT2D eigenvalue weighted by molar-refractivity contribution is 0.113. The van der Waals surface area contributed by atoms with Crippen LogP contribution in [-0.2, 0) is 0 Å². The molecule has 1 saturated heterocycles. The maximum atomic E-state index is 14.0. The lowest BCUT2D eigenvalue weighted by atomic mass is 9.79. The maximum absolute atomic E-state index is 14.0. The predicted molar refractivity (Wildman–Crippen MR) is 52.5 cm³/mol. The van der Waals surface area contributed by atoms with Crippen LogP contribution in [0.4, 0.5) is 4.39 Å². The standard InChI is InChI=1S/C11H20FN/c1-11(12)7-8-13-10(11)9-5-3-2-4-6-9/h9-10,13H,2-8H2,1H3. The molecule has 13 heavy (non-hydrogen) atoms. The predicted octanol–water partition coefficient (Wildman–Crippen LogP) is 2.66. The van der Waals surface area contributed by atoms with Gasteiger partial charge in [0.1, 0.15) is 5.67 Å². The first-order valence-electron chi connectivity index (χ1n) is 5.62. The Kier molecular flexibility index (Phi) is 2.59. The highest BCUT2D eigenvalue weighted by Gasteiger charge is 2.43. The van der Waals surface area contributed by atoms with Crippen molar-refractivity contribution in [1.29, 1.82) is 0 Å². The van der Waals surface area contributed by atoms with Crippen LogP contribution in [0.2, 0.25) is 0 Å². The molecule has 2 aliphatic rings. The van der Waals surface area contributed by atoms with E-state index in [1.54, 1.807) is 6.92 Å². The van der Waals surface area contributed by atoms with Crippen LogP contribution in [0, 0.1) is 5.92 Å². The van der Waals surface area contributed by atoms with Gasteiger partial charge in [0.2, 0.25) is 0 Å². The summed E-state index contributed by atoms with van der Waals surface area (Å²) in [5.41, 5.74) is -0.942. The third kappa shape index (κ3) is 1.88. The molecule has 0 aromatic heterocycles. The highest BCUT2D eigenvalue weighted by molar-refractivity contribution is 4.98. The molecule has 0 bridgehead atoms. The van der Waals surface area contributed by atoms with Crippen molar-refractivity contribution in [2.45, 2.75) is 57.2 Å². The van der Waals surface area contributed by atoms with Gasteiger partial charge in [-0.15, -0.1) is 0 Å². The molecule has 2 atom stereocenters. The molecule has 1 saturated carbocycles. The monoisotopic (exact) mass is 185 g/mol. The fourth-order valence-electron chi connectivity index (χ4n) is 2.97. The fraction of sp³-hybridized carbons (Fsp3) is 1.00. The van der Waals surface area contributed by atoms with E-state index in [-0.39, 0.29) is 6.04 Å². The van der Waals surface area contributed by atoms with E-state index < -0.39 is 5.67 Å². The van der Waals surface area contributed by atoms with Gasteiger partial charge in [0.05, 0.1) is 0 Å². The van der Waals surface area contributed by atoms with Gasteiger partial charge in [-0.3, -0.25) is 0 Å². The second-order valence-corrected chi connectivity index (χ2v) is 4.86. The molecule has 1 nitrogen and oxygen atoms in total. The van der Waals surface area contributed by atoms with E-state index in [9.17, 15) is 4.39 Å². The molecule has 1 N–H and O–H groups in total. The smallest absolute Gasteiger partial charge is 0.124 e. The Bertz CT molecular complexity index is 173. The molecular weight excluding hydrogens is 165 g/mol. The molecule has 0 aromatic rings. The van der Waals surface area contributed by atoms with Gasteiger partial charge in [0.25, 0.3) is 0 Å². The molecule has 1 aliphatic heterocycles. The molecular formula is C11H20FN. The van der Waals surface area contributed by atoms with Gasteiger partial charge in [-0.25, -0.2) is 4.39 Å². The van der Waals surface area contributed by atoms with Crippen molar-refractivity contribution in [1.82, 2.24) is 5.32 Å². The number of hydrogen-bond donors (Lipinski definition) is 1. The Labute approximate surface area is 80.1 Å². The average Bonchev–Trinajstić information content (AvgIpc) is 2.47. The fourth-order valence-corrected chi connectivity index (χ4v) is 2.97. The minimum atomic E-state index is -0.942. The number of rotatable bonds is 1. The highest BCUT2D eigenvalue weighted by Crippen LogP contribution is 2.36. The first kappa shape index (κ1) is 9.45. The Morgan fingerprint density at radius 2 is 1.92 bits per heavy atom. The van der Waals surface area contributed by atoms with Crippen LogP contribution in [0.3, 0.4) is 0 Å². The topological polar surface area (TPSA) is 12.0 Å². The largest absolute Gasteiger partial charge is 0.311 e. The summed E-state index contributed by atoms with van der Waals surface area (Å²) in [4.78, 5) is 0. The van der Waals surface area contributed by atoms with Crippen LogP contribution in [-0.4, -0.2) is 18.3 Å². The summed E-state index contributed by atoms with van der Waals surface area (Å²) < 4.78 is 14.0. The summed E-state index contributed by atoms with van der Waals surface area (Å²) in [5.74, 6) is 0.603. The molecule has 76 valence electrons. The summed E-state index contributed by atoms with van der Waals surface area (Å²) in [6, 6.07) is 0.146. The number of nitrogens with one attached hydrogen (secondary N) is 1. The van der Waals surface area contributed by atoms with E-state index in [0.717, 1.165) is 6.54 Å². The summed E-state index contributed by atoms with van der Waals surface area (Å²) in [6.45, 7) is 2.64. The van der Waals surface area contributed by atoms with Crippen molar-refractivity contribution in [3.8, 4) is 0 Å². The third-order valence-electron chi connectivity index (χ3n) is 3.75. The first-order chi connectivity index (χ1) is 6.20. The van der Waals surface area contributed by atoms with Crippen LogP contribution in [0.5, 0.6) is 0 Å². The van der Waals surface area contributed by atoms with Gasteiger partial charge in [-0.2, -0.15) is 0 Å². The molecule has 0 radical (unpaired) electrons. The van der Waals surface area contributed by atoms with E-state index in [2.05, 4.69) is 5.32 Å². The minimum Gasteiger partial charge on any atom is -0.311 e. The SMILES string of the molecule is CC1(F)CCNC1C1CCCCC1. The van der Waals surface area contributed by atoms with Crippen molar-refractivity contribution >= 4 is 0 Å². The van der Waals surface area contributed by atoms with E-state index in [1.807, 2.05) is 0 Å². The Balaban J connectivity index is 1.98. The number of halogens is 1. The number of alkyl halides is 1. The van der Waals surface area contributed by atoms with Crippen LogP contribution < -0.4 is 5.32 Å². The molecule has 2 unspecified atom stereocenters. The zero-order valence-electron chi connectivity index (χ0n) is 8.48. The summed E-state index contributed by atoms with van der Waals surface area (Å²) in [6.07, 6.45) is 7.13. The maximum Gasteiger partial charge on any atom is 0.124 e. The molecule has 2 rings (SSSR count). The van der Waals surface area contributed by atoms with Crippen molar-refractivity contribution < 1.29 is 4.39 Å². The van der Waals surface area contributed by atoms with Crippen molar-refractivity contribution in [3.63, 3.8) is 0 Å². The van der Waals surface area contributed by atoms with Crippen molar-refractivity contribution in [2.75, 3.05) is 6.54 Å². The highest BCUT2D eigenvalue weighted by atomic mass is 19.1. The lowest BCUT2D eigenvalue weighted by Gasteiger charge is -2.33. The van der Waals surface area contributed by atoms with E-state index >= 15 is 0 Å². The second-order valence-electron chi connectivity index (χ2n) is 4.86. The molecule has 2 fully saturated rings. The second kappa shape index (κ2) is 3.56. The van der Waals surface area contributed by atoms with Gasteiger partial charge in [-0.05, 0) is 38.6 Å². The normalized spacial score (nSPS) is 42.5. The molecule has 2 heteroatoms. The van der Waals surface area contributed by atoms with Crippen molar-refractivity contribution in [3.05, 3.63) is 0 Å². The zero-order chi connectivity index (χ0) is 9.31. The quantitative estimate of drug-likeness (QED) is 0.662. The number of hydrogen-bond acceptors (Lipinski definition) is 1. The molecule has 0 spiro atoms. The van der Waals surface area contributed by atoms with E-state index in [0.29, 0.717) is 12.3 Å². The third-order valence-corrected chi connectivity index (χ3v) is 3.75. The zero-order valence-corrected chi connectivity index (χ0v) is 8.48. The summed E-state index contributed by atoms with van der Waals surface area (Å²) in [5, 5.41) is 3.34. The van der Waals surface area contributed by atoms with Crippen molar-refractivity contribution in [2.24, 2.45) is 5.92 Å². The van der Waals surface area contributed by atoms with E-state index in [1.165, 1.54) is 32.1 Å². The van der Waals surface area contributed by atoms with Crippen LogP contribution in [0.15, 0.2) is 0 Å². The van der Waals surface area contributed by atoms with Gasteiger partial charge >= 0.3 is 0 Å². The average molecular weight is 185 g/mol. The van der Waals surface area contributed by atoms with E-state index in [4.69, 9.17) is 0 Å². The molecule has 1 aliphatic carbocycles. The van der Waals surface area contributed by atoms with Gasteiger partial charge in [-0.1, -0.05) is 19.3 Å². The van der Waals surface area contributed by atoms with Crippen LogP contribution in [0.1, 0.15) is 45.4 Å². The molecule has 0 amide bonds. The first-order valence-corrected chi connectivity index (χ1v) is 5.62. The lowest BCUT2D eigenvalue weighted by Crippen LogP contribution is -2.43. The van der Waals surface area contributed by atoms with Gasteiger partial charge in [0, 0.05) is 6.04 Å². The van der Waals surface area contributed by atoms with Crippen LogP contribution in [0.25, 0.3) is 0 Å². The van der Waals surface area contributed by atoms with Gasteiger partial charge < -0.3 is 5.32 Å².